The molecule has 4 nitrogen and oxygen atoms in total. The molecule has 0 heterocycles. The normalized spacial score (nSPS) is 10.6. The van der Waals surface area contributed by atoms with Gasteiger partial charge in [-0.05, 0) is 42.3 Å². The summed E-state index contributed by atoms with van der Waals surface area (Å²) >= 11 is 0. The molecule has 0 unspecified atom stereocenters. The first kappa shape index (κ1) is 14.7. The highest BCUT2D eigenvalue weighted by atomic mass is 19.1. The summed E-state index contributed by atoms with van der Waals surface area (Å²) in [5.74, 6) is -0.312. The summed E-state index contributed by atoms with van der Waals surface area (Å²) in [4.78, 5) is 11.5. The van der Waals surface area contributed by atoms with Crippen LogP contribution in [0.1, 0.15) is 11.1 Å². The van der Waals surface area contributed by atoms with Crippen LogP contribution >= 0.6 is 0 Å². The van der Waals surface area contributed by atoms with Gasteiger partial charge < -0.3 is 4.74 Å². The van der Waals surface area contributed by atoms with Crippen molar-refractivity contribution in [1.29, 1.82) is 0 Å². The average molecular weight is 286 g/mol. The molecular weight excluding hydrogens is 271 g/mol. The fourth-order valence-corrected chi connectivity index (χ4v) is 1.62. The van der Waals surface area contributed by atoms with E-state index >= 15 is 0 Å². The fourth-order valence-electron chi connectivity index (χ4n) is 1.62. The van der Waals surface area contributed by atoms with Gasteiger partial charge in [0.2, 0.25) is 0 Å². The predicted octanol–water partition coefficient (Wildman–Crippen LogP) is 2.66. The number of halogens is 1. The molecule has 1 amide bonds. The van der Waals surface area contributed by atoms with E-state index < -0.39 is 0 Å². The minimum absolute atomic E-state index is 0.184. The van der Waals surface area contributed by atoms with E-state index in [0.29, 0.717) is 5.75 Å². The van der Waals surface area contributed by atoms with Gasteiger partial charge in [0.25, 0.3) is 5.91 Å². The van der Waals surface area contributed by atoms with E-state index in [1.54, 1.807) is 6.21 Å². The van der Waals surface area contributed by atoms with E-state index in [1.165, 1.54) is 24.3 Å². The van der Waals surface area contributed by atoms with E-state index in [2.05, 4.69) is 10.5 Å². The van der Waals surface area contributed by atoms with Gasteiger partial charge in [-0.3, -0.25) is 4.79 Å². The quantitative estimate of drug-likeness (QED) is 0.678. The molecule has 21 heavy (non-hydrogen) atoms. The minimum atomic E-state index is -0.385. The van der Waals surface area contributed by atoms with Gasteiger partial charge in [0.1, 0.15) is 11.6 Å². The van der Waals surface area contributed by atoms with Crippen LogP contribution in [-0.2, 0) is 4.79 Å². The smallest absolute Gasteiger partial charge is 0.277 e. The van der Waals surface area contributed by atoms with Crippen LogP contribution in [0.4, 0.5) is 4.39 Å². The number of carbonyl (C=O) groups excluding carboxylic acids is 1. The number of benzene rings is 2. The second-order valence-corrected chi connectivity index (χ2v) is 4.39. The molecule has 0 saturated heterocycles. The second-order valence-electron chi connectivity index (χ2n) is 4.39. The molecule has 0 aromatic heterocycles. The maximum atomic E-state index is 12.7. The molecule has 0 aliphatic carbocycles. The highest BCUT2D eigenvalue weighted by molar-refractivity contribution is 5.84. The highest BCUT2D eigenvalue weighted by Crippen LogP contribution is 2.10. The van der Waals surface area contributed by atoms with Crippen molar-refractivity contribution in [3.8, 4) is 5.75 Å². The van der Waals surface area contributed by atoms with Gasteiger partial charge in [0.15, 0.2) is 6.61 Å². The van der Waals surface area contributed by atoms with E-state index in [1.807, 2.05) is 31.2 Å². The maximum absolute atomic E-state index is 12.7. The standard InChI is InChI=1S/C16H15FN2O2/c1-12-4-2-3-5-13(12)10-18-19-16(20)11-21-15-8-6-14(17)7-9-15/h2-10H,11H2,1H3,(H,19,20)/b18-10+. The van der Waals surface area contributed by atoms with Gasteiger partial charge in [-0.1, -0.05) is 24.3 Å². The molecule has 0 aliphatic rings. The van der Waals surface area contributed by atoms with Crippen molar-refractivity contribution < 1.29 is 13.9 Å². The zero-order valence-corrected chi connectivity index (χ0v) is 11.5. The second kappa shape index (κ2) is 7.19. The average Bonchev–Trinajstić information content (AvgIpc) is 2.49. The molecule has 0 fully saturated rings. The summed E-state index contributed by atoms with van der Waals surface area (Å²) in [6.07, 6.45) is 1.57. The Hall–Kier alpha value is -2.69. The van der Waals surface area contributed by atoms with Crippen LogP contribution in [0.25, 0.3) is 0 Å². The molecule has 0 spiro atoms. The number of hydrogen-bond donors (Lipinski definition) is 1. The van der Waals surface area contributed by atoms with Gasteiger partial charge in [-0.25, -0.2) is 9.82 Å². The van der Waals surface area contributed by atoms with Crippen LogP contribution in [0.5, 0.6) is 5.75 Å². The molecule has 2 aromatic rings. The van der Waals surface area contributed by atoms with E-state index in [0.717, 1.165) is 11.1 Å². The Labute approximate surface area is 122 Å². The van der Waals surface area contributed by atoms with Gasteiger partial charge in [0, 0.05) is 0 Å². The van der Waals surface area contributed by atoms with Crippen molar-refractivity contribution in [2.24, 2.45) is 5.10 Å². The van der Waals surface area contributed by atoms with Crippen molar-refractivity contribution >= 4 is 12.1 Å². The number of rotatable bonds is 5. The third-order valence-corrected chi connectivity index (χ3v) is 2.76. The molecule has 5 heteroatoms. The largest absolute Gasteiger partial charge is 0.484 e. The molecule has 0 radical (unpaired) electrons. The molecule has 0 aliphatic heterocycles. The van der Waals surface area contributed by atoms with Crippen molar-refractivity contribution in [3.63, 3.8) is 0 Å². The van der Waals surface area contributed by atoms with Crippen molar-refractivity contribution in [1.82, 2.24) is 5.43 Å². The monoisotopic (exact) mass is 286 g/mol. The van der Waals surface area contributed by atoms with Crippen molar-refractivity contribution in [2.45, 2.75) is 6.92 Å². The summed E-state index contributed by atoms with van der Waals surface area (Å²) in [7, 11) is 0. The lowest BCUT2D eigenvalue weighted by Gasteiger charge is -2.04. The predicted molar refractivity (Wildman–Crippen MR) is 78.8 cm³/mol. The Morgan fingerprint density at radius 1 is 1.24 bits per heavy atom. The summed E-state index contributed by atoms with van der Waals surface area (Å²) in [5, 5.41) is 3.86. The Balaban J connectivity index is 1.80. The van der Waals surface area contributed by atoms with Gasteiger partial charge in [-0.15, -0.1) is 0 Å². The summed E-state index contributed by atoms with van der Waals surface area (Å²) in [5.41, 5.74) is 4.37. The Morgan fingerprint density at radius 2 is 1.95 bits per heavy atom. The Kier molecular flexibility index (Phi) is 5.04. The van der Waals surface area contributed by atoms with Crippen molar-refractivity contribution in [2.75, 3.05) is 6.61 Å². The van der Waals surface area contributed by atoms with E-state index in [9.17, 15) is 9.18 Å². The number of hydrazone groups is 1. The molecule has 108 valence electrons. The van der Waals surface area contributed by atoms with Crippen LogP contribution in [0.2, 0.25) is 0 Å². The van der Waals surface area contributed by atoms with Gasteiger partial charge in [-0.2, -0.15) is 5.10 Å². The molecule has 2 aromatic carbocycles. The summed E-state index contributed by atoms with van der Waals surface area (Å²) in [6, 6.07) is 13.1. The van der Waals surface area contributed by atoms with E-state index in [4.69, 9.17) is 4.74 Å². The molecule has 2 rings (SSSR count). The number of ether oxygens (including phenoxy) is 1. The lowest BCUT2D eigenvalue weighted by atomic mass is 10.1. The number of amides is 1. The zero-order chi connectivity index (χ0) is 15.1. The number of aryl methyl sites for hydroxylation is 1. The van der Waals surface area contributed by atoms with Gasteiger partial charge in [0.05, 0.1) is 6.21 Å². The third-order valence-electron chi connectivity index (χ3n) is 2.76. The zero-order valence-electron chi connectivity index (χ0n) is 11.5. The maximum Gasteiger partial charge on any atom is 0.277 e. The van der Waals surface area contributed by atoms with Crippen LogP contribution in [0, 0.1) is 12.7 Å². The molecule has 0 atom stereocenters. The summed E-state index contributed by atoms with van der Waals surface area (Å²) in [6.45, 7) is 1.78. The van der Waals surface area contributed by atoms with Gasteiger partial charge >= 0.3 is 0 Å². The number of nitrogens with zero attached hydrogens (tertiary/aromatic N) is 1. The molecule has 1 N–H and O–H groups in total. The van der Waals surface area contributed by atoms with Crippen LogP contribution in [0.3, 0.4) is 0 Å². The molecular formula is C16H15FN2O2. The van der Waals surface area contributed by atoms with Crippen molar-refractivity contribution in [3.05, 3.63) is 65.5 Å². The SMILES string of the molecule is Cc1ccccc1/C=N/NC(=O)COc1ccc(F)cc1. The van der Waals surface area contributed by atoms with Crippen LogP contribution in [0.15, 0.2) is 53.6 Å². The lowest BCUT2D eigenvalue weighted by molar-refractivity contribution is -0.123. The fraction of sp³-hybridized carbons (Fsp3) is 0.125. The first-order valence-corrected chi connectivity index (χ1v) is 6.41. The highest BCUT2D eigenvalue weighted by Gasteiger charge is 2.01. The first-order chi connectivity index (χ1) is 10.1. The number of nitrogens with one attached hydrogen (secondary N) is 1. The molecule has 0 bridgehead atoms. The number of carbonyl (C=O) groups is 1. The van der Waals surface area contributed by atoms with E-state index in [-0.39, 0.29) is 18.3 Å². The Morgan fingerprint density at radius 3 is 2.67 bits per heavy atom. The molecule has 0 saturated carbocycles. The summed E-state index contributed by atoms with van der Waals surface area (Å²) < 4.78 is 17.9. The topological polar surface area (TPSA) is 50.7 Å². The van der Waals surface area contributed by atoms with Crippen LogP contribution < -0.4 is 10.2 Å². The number of hydrogen-bond acceptors (Lipinski definition) is 3. The Bertz CT molecular complexity index is 639. The third kappa shape index (κ3) is 4.72. The lowest BCUT2D eigenvalue weighted by Crippen LogP contribution is -2.24. The first-order valence-electron chi connectivity index (χ1n) is 6.41. The minimum Gasteiger partial charge on any atom is -0.484 e. The van der Waals surface area contributed by atoms with Crippen LogP contribution in [-0.4, -0.2) is 18.7 Å².